The quantitative estimate of drug-likeness (QED) is 0.299. The molecular formula is C27H18BrIN2O2S. The third-order valence-electron chi connectivity index (χ3n) is 6.33. The summed E-state index contributed by atoms with van der Waals surface area (Å²) in [6.45, 7) is 0. The van der Waals surface area contributed by atoms with Crippen LogP contribution in [0, 0.1) is 3.57 Å². The van der Waals surface area contributed by atoms with Gasteiger partial charge in [-0.1, -0.05) is 81.9 Å². The lowest BCUT2D eigenvalue weighted by molar-refractivity contribution is 0.470. The topological polar surface area (TPSA) is 54.6 Å². The number of allylic oxidation sites excluding steroid dienone is 1. The van der Waals surface area contributed by atoms with Crippen molar-refractivity contribution in [2.24, 2.45) is 4.99 Å². The molecule has 7 heteroatoms. The van der Waals surface area contributed by atoms with Crippen LogP contribution in [-0.4, -0.2) is 9.67 Å². The predicted octanol–water partition coefficient (Wildman–Crippen LogP) is 5.39. The lowest BCUT2D eigenvalue weighted by Gasteiger charge is -2.30. The number of phenolic OH excluding ortho intramolecular Hbond substituents is 1. The van der Waals surface area contributed by atoms with Crippen molar-refractivity contribution in [1.29, 1.82) is 0 Å². The van der Waals surface area contributed by atoms with Crippen molar-refractivity contribution >= 4 is 61.6 Å². The average Bonchev–Trinajstić information content (AvgIpc) is 3.16. The molecule has 0 bridgehead atoms. The lowest BCUT2D eigenvalue weighted by Crippen LogP contribution is -2.38. The van der Waals surface area contributed by atoms with Gasteiger partial charge in [0.2, 0.25) is 0 Å². The molecule has 34 heavy (non-hydrogen) atoms. The van der Waals surface area contributed by atoms with Gasteiger partial charge in [-0.25, -0.2) is 4.99 Å². The molecule has 0 spiro atoms. The maximum Gasteiger partial charge on any atom is 0.271 e. The summed E-state index contributed by atoms with van der Waals surface area (Å²) < 4.78 is 3.96. The first-order valence-electron chi connectivity index (χ1n) is 10.9. The van der Waals surface area contributed by atoms with Crippen LogP contribution in [-0.2, 0) is 6.42 Å². The molecule has 6 rings (SSSR count). The number of aromatic nitrogens is 1. The summed E-state index contributed by atoms with van der Waals surface area (Å²) in [4.78, 5) is 19.5. The fourth-order valence-corrected chi connectivity index (χ4v) is 7.34. The number of fused-ring (bicyclic) bond motifs is 3. The first-order valence-corrected chi connectivity index (χ1v) is 13.6. The summed E-state index contributed by atoms with van der Waals surface area (Å²) in [5.41, 5.74) is 6.22. The van der Waals surface area contributed by atoms with Crippen molar-refractivity contribution in [3.8, 4) is 5.75 Å². The molecule has 4 nitrogen and oxygen atoms in total. The summed E-state index contributed by atoms with van der Waals surface area (Å²) in [5, 5.41) is 10.6. The minimum Gasteiger partial charge on any atom is -0.506 e. The van der Waals surface area contributed by atoms with Crippen LogP contribution >= 0.6 is 49.9 Å². The molecule has 2 aliphatic rings. The largest absolute Gasteiger partial charge is 0.506 e. The second kappa shape index (κ2) is 8.62. The van der Waals surface area contributed by atoms with E-state index in [0.717, 1.165) is 37.7 Å². The van der Waals surface area contributed by atoms with Crippen LogP contribution in [0.15, 0.2) is 86.6 Å². The van der Waals surface area contributed by atoms with Crippen LogP contribution in [0.25, 0.3) is 11.8 Å². The Balaban J connectivity index is 1.64. The van der Waals surface area contributed by atoms with Crippen molar-refractivity contribution < 1.29 is 5.11 Å². The number of aromatic hydroxyl groups is 1. The maximum atomic E-state index is 13.8. The monoisotopic (exact) mass is 640 g/mol. The van der Waals surface area contributed by atoms with E-state index in [4.69, 9.17) is 4.99 Å². The molecule has 168 valence electrons. The molecule has 0 unspecified atom stereocenters. The van der Waals surface area contributed by atoms with Crippen LogP contribution in [0.2, 0.25) is 0 Å². The van der Waals surface area contributed by atoms with Gasteiger partial charge in [0.25, 0.3) is 5.56 Å². The number of aryl methyl sites for hydroxylation is 1. The molecule has 1 atom stereocenters. The first kappa shape index (κ1) is 22.0. The van der Waals surface area contributed by atoms with Gasteiger partial charge in [0.15, 0.2) is 4.80 Å². The Bertz CT molecular complexity index is 1670. The van der Waals surface area contributed by atoms with Gasteiger partial charge in [0.1, 0.15) is 5.75 Å². The van der Waals surface area contributed by atoms with Gasteiger partial charge in [-0.3, -0.25) is 9.36 Å². The zero-order valence-corrected chi connectivity index (χ0v) is 22.4. The molecule has 2 heterocycles. The van der Waals surface area contributed by atoms with Gasteiger partial charge >= 0.3 is 0 Å². The minimum absolute atomic E-state index is 0.0857. The van der Waals surface area contributed by atoms with E-state index in [-0.39, 0.29) is 17.4 Å². The lowest BCUT2D eigenvalue weighted by atomic mass is 9.83. The molecule has 0 saturated heterocycles. The number of phenols is 1. The predicted molar refractivity (Wildman–Crippen MR) is 148 cm³/mol. The fourth-order valence-electron chi connectivity index (χ4n) is 4.79. The first-order chi connectivity index (χ1) is 16.5. The summed E-state index contributed by atoms with van der Waals surface area (Å²) >= 11 is 6.96. The molecule has 1 N–H and O–H groups in total. The van der Waals surface area contributed by atoms with Gasteiger partial charge in [-0.15, -0.1) is 0 Å². The number of nitrogens with zero attached hydrogens (tertiary/aromatic N) is 2. The highest BCUT2D eigenvalue weighted by molar-refractivity contribution is 14.1. The van der Waals surface area contributed by atoms with Crippen LogP contribution in [0.4, 0.5) is 0 Å². The number of rotatable bonds is 2. The summed E-state index contributed by atoms with van der Waals surface area (Å²) in [7, 11) is 0. The Morgan fingerprint density at radius 3 is 2.68 bits per heavy atom. The van der Waals surface area contributed by atoms with Gasteiger partial charge in [0.05, 0.1) is 19.8 Å². The van der Waals surface area contributed by atoms with Gasteiger partial charge < -0.3 is 5.11 Å². The van der Waals surface area contributed by atoms with E-state index in [9.17, 15) is 9.90 Å². The van der Waals surface area contributed by atoms with Crippen LogP contribution in [0.5, 0.6) is 5.75 Å². The van der Waals surface area contributed by atoms with Crippen molar-refractivity contribution in [3.63, 3.8) is 0 Å². The van der Waals surface area contributed by atoms with E-state index in [0.29, 0.717) is 14.9 Å². The smallest absolute Gasteiger partial charge is 0.271 e. The van der Waals surface area contributed by atoms with Crippen molar-refractivity contribution in [2.75, 3.05) is 0 Å². The summed E-state index contributed by atoms with van der Waals surface area (Å²) in [5.74, 6) is 0.169. The Morgan fingerprint density at radius 2 is 1.85 bits per heavy atom. The highest BCUT2D eigenvalue weighted by Gasteiger charge is 2.32. The van der Waals surface area contributed by atoms with E-state index in [2.05, 4.69) is 74.9 Å². The molecule has 1 aromatic heterocycles. The Morgan fingerprint density at radius 1 is 1.09 bits per heavy atom. The number of halogens is 2. The van der Waals surface area contributed by atoms with Crippen LogP contribution < -0.4 is 14.9 Å². The van der Waals surface area contributed by atoms with Gasteiger partial charge in [-0.05, 0) is 70.3 Å². The highest BCUT2D eigenvalue weighted by Crippen LogP contribution is 2.41. The third kappa shape index (κ3) is 3.61. The molecule has 0 radical (unpaired) electrons. The second-order valence-electron chi connectivity index (χ2n) is 8.35. The van der Waals surface area contributed by atoms with Crippen LogP contribution in [0.3, 0.4) is 0 Å². The zero-order valence-electron chi connectivity index (χ0n) is 17.8. The van der Waals surface area contributed by atoms with E-state index >= 15 is 0 Å². The average molecular weight is 641 g/mol. The Kier molecular flexibility index (Phi) is 5.58. The van der Waals surface area contributed by atoms with Crippen LogP contribution in [0.1, 0.15) is 34.7 Å². The van der Waals surface area contributed by atoms with Gasteiger partial charge in [-0.2, -0.15) is 0 Å². The third-order valence-corrected chi connectivity index (χ3v) is 8.60. The SMILES string of the molecule is O=c1/c(=C/c2cc(Br)cc(I)c2O)sc2n1[C@@H](c1ccccc1)C1=C(N=2)c2ccccc2CC1. The number of benzene rings is 3. The Hall–Kier alpha value is -2.49. The molecule has 0 saturated carbocycles. The summed E-state index contributed by atoms with van der Waals surface area (Å²) in [6.07, 6.45) is 3.57. The normalized spacial score (nSPS) is 17.1. The number of thiazole rings is 1. The van der Waals surface area contributed by atoms with E-state index in [1.54, 1.807) is 6.08 Å². The number of hydrogen-bond acceptors (Lipinski definition) is 4. The highest BCUT2D eigenvalue weighted by atomic mass is 127. The zero-order chi connectivity index (χ0) is 23.4. The molecule has 4 aromatic rings. The molecule has 1 aliphatic heterocycles. The van der Waals surface area contributed by atoms with Crippen molar-refractivity contribution in [1.82, 2.24) is 4.57 Å². The molecule has 1 aliphatic carbocycles. The van der Waals surface area contributed by atoms with Gasteiger partial charge in [0, 0.05) is 15.6 Å². The molecule has 3 aromatic carbocycles. The maximum absolute atomic E-state index is 13.8. The molecular weight excluding hydrogens is 623 g/mol. The second-order valence-corrected chi connectivity index (χ2v) is 11.4. The van der Waals surface area contributed by atoms with Crippen molar-refractivity contribution in [3.05, 3.63) is 122 Å². The summed E-state index contributed by atoms with van der Waals surface area (Å²) in [6, 6.07) is 22.1. The standard InChI is InChI=1S/C27H18BrIN2O2S/c28-18-12-17(25(32)21(29)14-18)13-22-26(33)31-24(16-7-2-1-3-8-16)20-11-10-15-6-4-5-9-19(15)23(20)30-27(31)34-22/h1-9,12-14,24,32H,10-11H2/b22-13-/t24-/m0/s1. The Labute approximate surface area is 221 Å². The molecule has 0 fully saturated rings. The molecule has 0 amide bonds. The minimum atomic E-state index is -0.195. The van der Waals surface area contributed by atoms with E-state index < -0.39 is 0 Å². The fraction of sp³-hybridized carbons (Fsp3) is 0.111. The number of hydrogen-bond donors (Lipinski definition) is 1. The van der Waals surface area contributed by atoms with E-state index in [1.165, 1.54) is 22.5 Å². The van der Waals surface area contributed by atoms with Crippen molar-refractivity contribution in [2.45, 2.75) is 18.9 Å². The van der Waals surface area contributed by atoms with E-state index in [1.807, 2.05) is 34.9 Å².